The molecule has 1 aromatic heterocycles. The van der Waals surface area contributed by atoms with Gasteiger partial charge in [0.05, 0.1) is 18.2 Å². The van der Waals surface area contributed by atoms with Crippen LogP contribution in [0.3, 0.4) is 0 Å². The number of ether oxygens (including phenoxy) is 1. The number of carbonyl (C=O) groups is 2. The molecule has 0 spiro atoms. The lowest BCUT2D eigenvalue weighted by molar-refractivity contribution is 0.0600. The largest absolute Gasteiger partial charge is 0.465 e. The molecule has 7 nitrogen and oxygen atoms in total. The number of aryl methyl sites for hydroxylation is 1. The van der Waals surface area contributed by atoms with Crippen LogP contribution in [0.5, 0.6) is 0 Å². The van der Waals surface area contributed by atoms with Crippen LogP contribution < -0.4 is 10.6 Å². The van der Waals surface area contributed by atoms with E-state index in [1.165, 1.54) is 25.1 Å². The second kappa shape index (κ2) is 8.77. The number of esters is 1. The van der Waals surface area contributed by atoms with Gasteiger partial charge in [-0.1, -0.05) is 29.8 Å². The first-order valence-electron chi connectivity index (χ1n) is 8.66. The lowest BCUT2D eigenvalue weighted by Crippen LogP contribution is -2.23. The van der Waals surface area contributed by atoms with Gasteiger partial charge in [-0.05, 0) is 36.8 Å². The SMILES string of the molecule is COC(=O)c1ccc(Nc2ncc(C(=O)NCc3ccc(C)cc3)cn2)cc1. The zero-order valence-corrected chi connectivity index (χ0v) is 15.6. The van der Waals surface area contributed by atoms with E-state index in [-0.39, 0.29) is 5.91 Å². The Kier molecular flexibility index (Phi) is 5.96. The molecule has 3 rings (SSSR count). The van der Waals surface area contributed by atoms with Crippen molar-refractivity contribution in [2.75, 3.05) is 12.4 Å². The van der Waals surface area contributed by atoms with Crippen molar-refractivity contribution in [3.05, 3.63) is 83.2 Å². The molecule has 0 saturated carbocycles. The van der Waals surface area contributed by atoms with E-state index in [4.69, 9.17) is 0 Å². The minimum Gasteiger partial charge on any atom is -0.465 e. The fraction of sp³-hybridized carbons (Fsp3) is 0.143. The lowest BCUT2D eigenvalue weighted by atomic mass is 10.1. The van der Waals surface area contributed by atoms with E-state index in [0.29, 0.717) is 29.3 Å². The number of hydrogen-bond acceptors (Lipinski definition) is 6. The molecule has 0 aliphatic carbocycles. The summed E-state index contributed by atoms with van der Waals surface area (Å²) in [6.07, 6.45) is 2.92. The average Bonchev–Trinajstić information content (AvgIpc) is 2.73. The third-order valence-electron chi connectivity index (χ3n) is 4.05. The predicted molar refractivity (Wildman–Crippen MR) is 105 cm³/mol. The van der Waals surface area contributed by atoms with E-state index in [0.717, 1.165) is 5.56 Å². The van der Waals surface area contributed by atoms with Crippen LogP contribution in [-0.4, -0.2) is 29.0 Å². The van der Waals surface area contributed by atoms with Gasteiger partial charge < -0.3 is 15.4 Å². The van der Waals surface area contributed by atoms with E-state index >= 15 is 0 Å². The van der Waals surface area contributed by atoms with E-state index < -0.39 is 5.97 Å². The van der Waals surface area contributed by atoms with Gasteiger partial charge in [0.1, 0.15) is 0 Å². The molecule has 1 heterocycles. The summed E-state index contributed by atoms with van der Waals surface area (Å²) in [5.74, 6) is -0.292. The van der Waals surface area contributed by atoms with Gasteiger partial charge in [0.15, 0.2) is 0 Å². The maximum absolute atomic E-state index is 12.2. The summed E-state index contributed by atoms with van der Waals surface area (Å²) in [5, 5.41) is 5.85. The Balaban J connectivity index is 1.57. The van der Waals surface area contributed by atoms with Crippen molar-refractivity contribution in [2.45, 2.75) is 13.5 Å². The zero-order chi connectivity index (χ0) is 19.9. The van der Waals surface area contributed by atoms with Crippen molar-refractivity contribution in [3.63, 3.8) is 0 Å². The maximum Gasteiger partial charge on any atom is 0.337 e. The fourth-order valence-electron chi connectivity index (χ4n) is 2.44. The van der Waals surface area contributed by atoms with Gasteiger partial charge in [-0.3, -0.25) is 4.79 Å². The molecule has 0 aliphatic rings. The Labute approximate surface area is 162 Å². The van der Waals surface area contributed by atoms with Crippen molar-refractivity contribution < 1.29 is 14.3 Å². The maximum atomic E-state index is 12.2. The molecule has 0 saturated heterocycles. The highest BCUT2D eigenvalue weighted by Crippen LogP contribution is 2.14. The molecule has 1 amide bonds. The summed E-state index contributed by atoms with van der Waals surface area (Å²) in [4.78, 5) is 32.0. The molecule has 7 heteroatoms. The predicted octanol–water partition coefficient (Wildman–Crippen LogP) is 3.25. The van der Waals surface area contributed by atoms with Crippen LogP contribution in [0.1, 0.15) is 31.8 Å². The number of anilines is 2. The molecule has 0 atom stereocenters. The normalized spacial score (nSPS) is 10.2. The Morgan fingerprint density at radius 3 is 2.18 bits per heavy atom. The number of nitrogens with zero attached hydrogens (tertiary/aromatic N) is 2. The second-order valence-electron chi connectivity index (χ2n) is 6.16. The molecule has 0 bridgehead atoms. The smallest absolute Gasteiger partial charge is 0.337 e. The zero-order valence-electron chi connectivity index (χ0n) is 15.6. The lowest BCUT2D eigenvalue weighted by Gasteiger charge is -2.07. The Morgan fingerprint density at radius 2 is 1.57 bits per heavy atom. The van der Waals surface area contributed by atoms with Gasteiger partial charge in [0.25, 0.3) is 5.91 Å². The van der Waals surface area contributed by atoms with Crippen LogP contribution >= 0.6 is 0 Å². The van der Waals surface area contributed by atoms with Crippen LogP contribution in [0.4, 0.5) is 11.6 Å². The number of rotatable bonds is 6. The number of carbonyl (C=O) groups excluding carboxylic acids is 2. The van der Waals surface area contributed by atoms with Gasteiger partial charge in [0, 0.05) is 24.6 Å². The molecule has 2 N–H and O–H groups in total. The number of hydrogen-bond donors (Lipinski definition) is 2. The van der Waals surface area contributed by atoms with Gasteiger partial charge in [-0.15, -0.1) is 0 Å². The monoisotopic (exact) mass is 376 g/mol. The average molecular weight is 376 g/mol. The molecule has 3 aromatic rings. The first kappa shape index (κ1) is 19.0. The van der Waals surface area contributed by atoms with Crippen LogP contribution in [0.25, 0.3) is 0 Å². The summed E-state index contributed by atoms with van der Waals surface area (Å²) >= 11 is 0. The third-order valence-corrected chi connectivity index (χ3v) is 4.05. The van der Waals surface area contributed by atoms with E-state index in [2.05, 4.69) is 25.3 Å². The first-order valence-corrected chi connectivity index (χ1v) is 8.66. The summed E-state index contributed by atoms with van der Waals surface area (Å²) in [6, 6.07) is 14.7. The van der Waals surface area contributed by atoms with Gasteiger partial charge in [-0.25, -0.2) is 14.8 Å². The highest BCUT2D eigenvalue weighted by molar-refractivity contribution is 5.93. The first-order chi connectivity index (χ1) is 13.5. The van der Waals surface area contributed by atoms with Gasteiger partial charge in [0.2, 0.25) is 5.95 Å². The molecular weight excluding hydrogens is 356 g/mol. The summed E-state index contributed by atoms with van der Waals surface area (Å²) < 4.78 is 4.66. The number of methoxy groups -OCH3 is 1. The molecule has 0 fully saturated rings. The van der Waals surface area contributed by atoms with Crippen molar-refractivity contribution in [3.8, 4) is 0 Å². The topological polar surface area (TPSA) is 93.2 Å². The minimum atomic E-state index is -0.399. The standard InChI is InChI=1S/C21H20N4O3/c1-14-3-5-15(6-4-14)11-22-19(26)17-12-23-21(24-13-17)25-18-9-7-16(8-10-18)20(27)28-2/h3-10,12-13H,11H2,1-2H3,(H,22,26)(H,23,24,25). The van der Waals surface area contributed by atoms with Crippen molar-refractivity contribution in [2.24, 2.45) is 0 Å². The quantitative estimate of drug-likeness (QED) is 0.642. The van der Waals surface area contributed by atoms with E-state index in [1.807, 2.05) is 31.2 Å². The highest BCUT2D eigenvalue weighted by Gasteiger charge is 2.08. The Morgan fingerprint density at radius 1 is 0.929 bits per heavy atom. The third kappa shape index (κ3) is 4.91. The summed E-state index contributed by atoms with van der Waals surface area (Å²) in [5.41, 5.74) is 3.73. The summed E-state index contributed by atoms with van der Waals surface area (Å²) in [6.45, 7) is 2.45. The Hall–Kier alpha value is -3.74. The minimum absolute atomic E-state index is 0.241. The van der Waals surface area contributed by atoms with Crippen molar-refractivity contribution >= 4 is 23.5 Å². The van der Waals surface area contributed by atoms with E-state index in [1.54, 1.807) is 24.3 Å². The molecule has 142 valence electrons. The van der Waals surface area contributed by atoms with Crippen LogP contribution in [0.15, 0.2) is 60.9 Å². The van der Waals surface area contributed by atoms with Crippen molar-refractivity contribution in [1.82, 2.24) is 15.3 Å². The van der Waals surface area contributed by atoms with Crippen molar-refractivity contribution in [1.29, 1.82) is 0 Å². The fourth-order valence-corrected chi connectivity index (χ4v) is 2.44. The van der Waals surface area contributed by atoms with Gasteiger partial charge in [-0.2, -0.15) is 0 Å². The second-order valence-corrected chi connectivity index (χ2v) is 6.16. The molecule has 0 unspecified atom stereocenters. The molecule has 28 heavy (non-hydrogen) atoms. The number of aromatic nitrogens is 2. The molecular formula is C21H20N4O3. The van der Waals surface area contributed by atoms with Crippen LogP contribution in [-0.2, 0) is 11.3 Å². The van der Waals surface area contributed by atoms with E-state index in [9.17, 15) is 9.59 Å². The Bertz CT molecular complexity index is 952. The number of nitrogens with one attached hydrogen (secondary N) is 2. The van der Waals surface area contributed by atoms with Crippen LogP contribution in [0, 0.1) is 6.92 Å². The number of benzene rings is 2. The summed E-state index contributed by atoms with van der Waals surface area (Å²) in [7, 11) is 1.33. The number of amides is 1. The highest BCUT2D eigenvalue weighted by atomic mass is 16.5. The molecule has 0 aliphatic heterocycles. The molecule has 2 aromatic carbocycles. The van der Waals surface area contributed by atoms with Gasteiger partial charge >= 0.3 is 5.97 Å². The molecule has 0 radical (unpaired) electrons. The van der Waals surface area contributed by atoms with Crippen LogP contribution in [0.2, 0.25) is 0 Å².